The summed E-state index contributed by atoms with van der Waals surface area (Å²) in [7, 11) is 0. The Bertz CT molecular complexity index is 142. The van der Waals surface area contributed by atoms with E-state index in [4.69, 9.17) is 0 Å². The van der Waals surface area contributed by atoms with Crippen LogP contribution in [0.3, 0.4) is 0 Å². The first-order valence-electron chi connectivity index (χ1n) is 3.81. The van der Waals surface area contributed by atoms with Crippen LogP contribution in [-0.4, -0.2) is 17.7 Å². The molecule has 2 atom stereocenters. The van der Waals surface area contributed by atoms with Gasteiger partial charge in [-0.1, -0.05) is 6.92 Å². The average molecular weight is 141 g/mol. The smallest absolute Gasteiger partial charge is 0.0901 e. The Morgan fingerprint density at radius 3 is 3.00 bits per heavy atom. The fraction of sp³-hybridized carbons (Fsp3) is 0.750. The monoisotopic (exact) mass is 141 g/mol. The highest BCUT2D eigenvalue weighted by molar-refractivity contribution is 5.01. The van der Waals surface area contributed by atoms with Crippen LogP contribution in [0.1, 0.15) is 20.3 Å². The number of aliphatic hydroxyl groups is 1. The lowest BCUT2D eigenvalue weighted by Crippen LogP contribution is -2.26. The molecule has 0 fully saturated rings. The molecule has 0 radical (unpaired) electrons. The minimum atomic E-state index is 0.324. The number of hydrogen-bond donors (Lipinski definition) is 2. The van der Waals surface area contributed by atoms with E-state index in [1.165, 1.54) is 0 Å². The normalized spacial score (nSPS) is 34.8. The molecule has 2 unspecified atom stereocenters. The van der Waals surface area contributed by atoms with Gasteiger partial charge in [0.25, 0.3) is 0 Å². The van der Waals surface area contributed by atoms with E-state index in [1.807, 2.05) is 13.0 Å². The lowest BCUT2D eigenvalue weighted by atomic mass is 10.1. The van der Waals surface area contributed by atoms with Gasteiger partial charge in [0, 0.05) is 12.5 Å². The van der Waals surface area contributed by atoms with E-state index in [-0.39, 0.29) is 0 Å². The Hall–Kier alpha value is -0.500. The summed E-state index contributed by atoms with van der Waals surface area (Å²) >= 11 is 0. The number of hydrogen-bond acceptors (Lipinski definition) is 2. The number of allylic oxidation sites excluding steroid dienone is 1. The summed E-state index contributed by atoms with van der Waals surface area (Å²) in [6.07, 6.45) is 2.70. The molecular formula is C8H15NO. The van der Waals surface area contributed by atoms with E-state index in [0.717, 1.165) is 13.0 Å². The van der Waals surface area contributed by atoms with Crippen LogP contribution >= 0.6 is 0 Å². The minimum absolute atomic E-state index is 0.324. The SMILES string of the molecule is CC1CNC(C)C=C(O)C1. The maximum atomic E-state index is 9.25. The van der Waals surface area contributed by atoms with Gasteiger partial charge in [0.1, 0.15) is 0 Å². The molecule has 2 N–H and O–H groups in total. The van der Waals surface area contributed by atoms with Crippen molar-refractivity contribution in [2.24, 2.45) is 5.92 Å². The third kappa shape index (κ3) is 2.03. The largest absolute Gasteiger partial charge is 0.513 e. The Kier molecular flexibility index (Phi) is 2.33. The van der Waals surface area contributed by atoms with Crippen LogP contribution in [0.15, 0.2) is 11.8 Å². The lowest BCUT2D eigenvalue weighted by molar-refractivity contribution is 0.362. The number of nitrogens with one attached hydrogen (secondary N) is 1. The second-order valence-electron chi connectivity index (χ2n) is 3.16. The van der Waals surface area contributed by atoms with Crippen LogP contribution in [0.25, 0.3) is 0 Å². The molecular weight excluding hydrogens is 126 g/mol. The van der Waals surface area contributed by atoms with Gasteiger partial charge in [-0.2, -0.15) is 0 Å². The lowest BCUT2D eigenvalue weighted by Gasteiger charge is -2.08. The third-order valence-corrected chi connectivity index (χ3v) is 1.79. The summed E-state index contributed by atoms with van der Waals surface area (Å²) in [4.78, 5) is 0. The van der Waals surface area contributed by atoms with Crippen molar-refractivity contribution >= 4 is 0 Å². The summed E-state index contributed by atoms with van der Waals surface area (Å²) < 4.78 is 0. The van der Waals surface area contributed by atoms with Crippen LogP contribution < -0.4 is 5.32 Å². The van der Waals surface area contributed by atoms with Crippen LogP contribution in [-0.2, 0) is 0 Å². The first-order valence-corrected chi connectivity index (χ1v) is 3.81. The molecule has 1 heterocycles. The number of rotatable bonds is 0. The highest BCUT2D eigenvalue weighted by Crippen LogP contribution is 2.12. The summed E-state index contributed by atoms with van der Waals surface area (Å²) in [5.74, 6) is 1.09. The highest BCUT2D eigenvalue weighted by Gasteiger charge is 2.11. The molecule has 0 aliphatic carbocycles. The van der Waals surface area contributed by atoms with Gasteiger partial charge in [-0.15, -0.1) is 0 Å². The van der Waals surface area contributed by atoms with Crippen molar-refractivity contribution in [2.75, 3.05) is 6.54 Å². The van der Waals surface area contributed by atoms with Crippen molar-refractivity contribution in [2.45, 2.75) is 26.3 Å². The fourth-order valence-electron chi connectivity index (χ4n) is 1.23. The van der Waals surface area contributed by atoms with E-state index in [1.54, 1.807) is 0 Å². The molecule has 2 heteroatoms. The Morgan fingerprint density at radius 2 is 2.30 bits per heavy atom. The summed E-state index contributed by atoms with van der Waals surface area (Å²) in [6.45, 7) is 5.19. The van der Waals surface area contributed by atoms with E-state index < -0.39 is 0 Å². The van der Waals surface area contributed by atoms with Gasteiger partial charge in [0.2, 0.25) is 0 Å². The van der Waals surface area contributed by atoms with E-state index in [2.05, 4.69) is 12.2 Å². The molecule has 0 aromatic heterocycles. The summed E-state index contributed by atoms with van der Waals surface area (Å²) in [6, 6.07) is 0.324. The Labute approximate surface area is 61.9 Å². The van der Waals surface area contributed by atoms with E-state index in [0.29, 0.717) is 17.7 Å². The standard InChI is InChI=1S/C8H15NO/c1-6-3-8(10)4-7(2)9-5-6/h4,6-7,9-10H,3,5H2,1-2H3. The molecule has 10 heavy (non-hydrogen) atoms. The molecule has 0 aromatic rings. The Balaban J connectivity index is 2.55. The minimum Gasteiger partial charge on any atom is -0.513 e. The molecule has 0 aromatic carbocycles. The zero-order chi connectivity index (χ0) is 7.56. The van der Waals surface area contributed by atoms with Crippen LogP contribution in [0, 0.1) is 5.92 Å². The van der Waals surface area contributed by atoms with Gasteiger partial charge >= 0.3 is 0 Å². The second kappa shape index (κ2) is 3.06. The summed E-state index contributed by atoms with van der Waals surface area (Å²) in [5, 5.41) is 12.5. The highest BCUT2D eigenvalue weighted by atomic mass is 16.3. The predicted octanol–water partition coefficient (Wildman–Crippen LogP) is 1.45. The zero-order valence-corrected chi connectivity index (χ0v) is 6.59. The van der Waals surface area contributed by atoms with Crippen LogP contribution in [0.4, 0.5) is 0 Å². The van der Waals surface area contributed by atoms with Gasteiger partial charge < -0.3 is 10.4 Å². The molecule has 58 valence electrons. The van der Waals surface area contributed by atoms with Crippen molar-refractivity contribution in [3.8, 4) is 0 Å². The first kappa shape index (κ1) is 7.61. The molecule has 1 aliphatic rings. The molecule has 1 aliphatic heterocycles. The third-order valence-electron chi connectivity index (χ3n) is 1.79. The van der Waals surface area contributed by atoms with Crippen molar-refractivity contribution in [1.29, 1.82) is 0 Å². The molecule has 1 rings (SSSR count). The molecule has 0 bridgehead atoms. The fourth-order valence-corrected chi connectivity index (χ4v) is 1.23. The van der Waals surface area contributed by atoms with E-state index in [9.17, 15) is 5.11 Å². The first-order chi connectivity index (χ1) is 4.68. The van der Waals surface area contributed by atoms with Crippen molar-refractivity contribution in [3.63, 3.8) is 0 Å². The van der Waals surface area contributed by atoms with E-state index >= 15 is 0 Å². The van der Waals surface area contributed by atoms with Crippen molar-refractivity contribution in [3.05, 3.63) is 11.8 Å². The Morgan fingerprint density at radius 1 is 1.60 bits per heavy atom. The van der Waals surface area contributed by atoms with Gasteiger partial charge in [-0.3, -0.25) is 0 Å². The van der Waals surface area contributed by atoms with Crippen molar-refractivity contribution < 1.29 is 5.11 Å². The summed E-state index contributed by atoms with van der Waals surface area (Å²) in [5.41, 5.74) is 0. The maximum absolute atomic E-state index is 9.25. The van der Waals surface area contributed by atoms with Gasteiger partial charge in [-0.25, -0.2) is 0 Å². The van der Waals surface area contributed by atoms with Gasteiger partial charge in [0.15, 0.2) is 0 Å². The molecule has 2 nitrogen and oxygen atoms in total. The maximum Gasteiger partial charge on any atom is 0.0901 e. The quantitative estimate of drug-likeness (QED) is 0.535. The zero-order valence-electron chi connectivity index (χ0n) is 6.59. The molecule has 0 saturated heterocycles. The predicted molar refractivity (Wildman–Crippen MR) is 42.0 cm³/mol. The number of aliphatic hydroxyl groups excluding tert-OH is 1. The second-order valence-corrected chi connectivity index (χ2v) is 3.16. The van der Waals surface area contributed by atoms with Crippen molar-refractivity contribution in [1.82, 2.24) is 5.32 Å². The average Bonchev–Trinajstić information content (AvgIpc) is 1.93. The van der Waals surface area contributed by atoms with Crippen LogP contribution in [0.2, 0.25) is 0 Å². The molecule has 0 amide bonds. The topological polar surface area (TPSA) is 32.3 Å². The van der Waals surface area contributed by atoms with Gasteiger partial charge in [-0.05, 0) is 25.5 Å². The van der Waals surface area contributed by atoms with Gasteiger partial charge in [0.05, 0.1) is 5.76 Å². The molecule has 0 saturated carbocycles. The van der Waals surface area contributed by atoms with Crippen LogP contribution in [0.5, 0.6) is 0 Å². The molecule has 0 spiro atoms.